The Balaban J connectivity index is 1.10. The van der Waals surface area contributed by atoms with E-state index in [1.165, 1.54) is 5.19 Å². The van der Waals surface area contributed by atoms with Crippen LogP contribution in [-0.4, -0.2) is 90.9 Å². The summed E-state index contributed by atoms with van der Waals surface area (Å²) in [7, 11) is -0.387. The van der Waals surface area contributed by atoms with Crippen LogP contribution in [-0.2, 0) is 28.9 Å². The van der Waals surface area contributed by atoms with Crippen LogP contribution >= 0.6 is 0 Å². The lowest BCUT2D eigenvalue weighted by Crippen LogP contribution is -2.50. The van der Waals surface area contributed by atoms with Crippen molar-refractivity contribution in [3.63, 3.8) is 0 Å². The van der Waals surface area contributed by atoms with Crippen molar-refractivity contribution in [1.29, 1.82) is 0 Å². The summed E-state index contributed by atoms with van der Waals surface area (Å²) in [5, 5.41) is 33.5. The predicted octanol–water partition coefficient (Wildman–Crippen LogP) is 7.17. The number of unbranched alkanes of at least 4 members (excludes halogenated alkanes) is 1. The first-order chi connectivity index (χ1) is 29.6. The fourth-order valence-electron chi connectivity index (χ4n) is 9.69. The number of nitrogens with zero attached hydrogens (tertiary/aromatic N) is 4. The maximum absolute atomic E-state index is 14.2. The molecular weight excluding hydrogens is 783 g/mol. The van der Waals surface area contributed by atoms with Gasteiger partial charge in [-0.1, -0.05) is 85.0 Å². The second-order valence-electron chi connectivity index (χ2n) is 17.1. The lowest BCUT2D eigenvalue weighted by atomic mass is 9.94. The van der Waals surface area contributed by atoms with Crippen molar-refractivity contribution in [3.8, 4) is 11.5 Å². The van der Waals surface area contributed by atoms with Crippen molar-refractivity contribution in [3.05, 3.63) is 126 Å². The molecular formula is C49H63N5O6Si. The molecule has 2 aliphatic heterocycles. The standard InChI is InChI=1S/C49H63N5O6Si/c1-6-59-40-20-23-45-37(30-40)31-43(50-26-10-11-28-55)49(57)54(45)38-16-12-13-35(29-38)17-24-46-34(2)48(61(4,5)41-21-18-39(58-3)19-22-41)47(60-46)25-27-53-32-44(51-52-53)42(33-56)36-14-8-7-9-15-36/h7-9,12-16,18-23,29-30,32,34,42-43,46-48,50,55-56H,6,10-11,17,24-28,31,33H2,1-5H3/t34-,42?,43?,46+,47-,48+/m0/s1. The molecule has 12 heteroatoms. The molecule has 0 aliphatic carbocycles. The Labute approximate surface area is 362 Å². The second-order valence-corrected chi connectivity index (χ2v) is 21.8. The Morgan fingerprint density at radius 2 is 1.72 bits per heavy atom. The number of aliphatic hydroxyl groups is 2. The van der Waals surface area contributed by atoms with E-state index < -0.39 is 8.07 Å². The fraction of sp³-hybridized carbons (Fsp3) is 0.449. The quantitative estimate of drug-likeness (QED) is 0.0552. The molecule has 2 unspecified atom stereocenters. The van der Waals surface area contributed by atoms with Gasteiger partial charge in [0, 0.05) is 25.0 Å². The molecule has 61 heavy (non-hydrogen) atoms. The predicted molar refractivity (Wildman–Crippen MR) is 243 cm³/mol. The summed E-state index contributed by atoms with van der Waals surface area (Å²) >= 11 is 0. The maximum Gasteiger partial charge on any atom is 0.249 e. The zero-order chi connectivity index (χ0) is 42.9. The summed E-state index contributed by atoms with van der Waals surface area (Å²) in [5.74, 6) is 1.76. The van der Waals surface area contributed by atoms with Crippen LogP contribution in [0.4, 0.5) is 11.4 Å². The van der Waals surface area contributed by atoms with E-state index in [-0.39, 0.29) is 43.3 Å². The third kappa shape index (κ3) is 10.1. The molecule has 3 N–H and O–H groups in total. The average Bonchev–Trinajstić information content (AvgIpc) is 3.88. The number of aromatic nitrogens is 3. The Hall–Kier alpha value is -4.85. The van der Waals surface area contributed by atoms with Gasteiger partial charge in [0.1, 0.15) is 11.5 Å². The maximum atomic E-state index is 14.2. The first kappa shape index (κ1) is 44.2. The van der Waals surface area contributed by atoms with Crippen molar-refractivity contribution in [1.82, 2.24) is 20.3 Å². The second kappa shape index (κ2) is 20.3. The number of amides is 1. The Bertz CT molecular complexity index is 2180. The largest absolute Gasteiger partial charge is 0.497 e. The van der Waals surface area contributed by atoms with Crippen LogP contribution in [0, 0.1) is 5.92 Å². The number of rotatable bonds is 20. The highest BCUT2D eigenvalue weighted by Crippen LogP contribution is 2.47. The van der Waals surface area contributed by atoms with E-state index >= 15 is 0 Å². The van der Waals surface area contributed by atoms with Crippen molar-refractivity contribution >= 4 is 30.5 Å². The molecule has 5 aromatic rings. The minimum absolute atomic E-state index is 0.0217. The van der Waals surface area contributed by atoms with Crippen molar-refractivity contribution in [2.45, 2.75) is 102 Å². The van der Waals surface area contributed by atoms with E-state index in [0.29, 0.717) is 44.0 Å². The highest BCUT2D eigenvalue weighted by Gasteiger charge is 2.50. The monoisotopic (exact) mass is 845 g/mol. The number of aliphatic hydroxyl groups excluding tert-OH is 2. The number of nitrogens with one attached hydrogen (secondary N) is 1. The van der Waals surface area contributed by atoms with Gasteiger partial charge in [-0.25, -0.2) is 0 Å². The lowest BCUT2D eigenvalue weighted by Gasteiger charge is -2.36. The fourth-order valence-corrected chi connectivity index (χ4v) is 13.8. The molecule has 11 nitrogen and oxygen atoms in total. The lowest BCUT2D eigenvalue weighted by molar-refractivity contribution is -0.120. The number of methoxy groups -OCH3 is 1. The number of aryl methyl sites for hydroxylation is 2. The van der Waals surface area contributed by atoms with Gasteiger partial charge in [-0.15, -0.1) is 5.10 Å². The van der Waals surface area contributed by atoms with E-state index in [0.717, 1.165) is 70.9 Å². The molecule has 0 radical (unpaired) electrons. The highest BCUT2D eigenvalue weighted by atomic mass is 28.3. The minimum atomic E-state index is -2.09. The van der Waals surface area contributed by atoms with Crippen LogP contribution in [0.15, 0.2) is 103 Å². The van der Waals surface area contributed by atoms with Gasteiger partial charge in [-0.3, -0.25) is 14.4 Å². The van der Waals surface area contributed by atoms with E-state index in [1.54, 1.807) is 7.11 Å². The molecule has 0 bridgehead atoms. The molecule has 2 aliphatic rings. The number of anilines is 2. The Kier molecular flexibility index (Phi) is 14.7. The van der Waals surface area contributed by atoms with Gasteiger partial charge in [0.15, 0.2) is 0 Å². The van der Waals surface area contributed by atoms with Crippen LogP contribution in [0.25, 0.3) is 0 Å². The van der Waals surface area contributed by atoms with Crippen LogP contribution in [0.5, 0.6) is 11.5 Å². The van der Waals surface area contributed by atoms with E-state index in [2.05, 4.69) is 84.2 Å². The summed E-state index contributed by atoms with van der Waals surface area (Å²) in [6.45, 7) is 11.3. The summed E-state index contributed by atoms with van der Waals surface area (Å²) in [6, 6.07) is 32.6. The molecule has 1 fully saturated rings. The van der Waals surface area contributed by atoms with Crippen LogP contribution < -0.4 is 24.9 Å². The number of hydrogen-bond acceptors (Lipinski definition) is 9. The van der Waals surface area contributed by atoms with E-state index in [9.17, 15) is 15.0 Å². The minimum Gasteiger partial charge on any atom is -0.497 e. The van der Waals surface area contributed by atoms with Gasteiger partial charge < -0.3 is 29.7 Å². The molecule has 1 amide bonds. The van der Waals surface area contributed by atoms with Crippen molar-refractivity contribution in [2.24, 2.45) is 5.92 Å². The number of carbonyl (C=O) groups is 1. The molecule has 3 heterocycles. The van der Waals surface area contributed by atoms with Gasteiger partial charge in [0.05, 0.1) is 63.9 Å². The smallest absolute Gasteiger partial charge is 0.249 e. The number of ether oxygens (including phenoxy) is 3. The number of benzene rings is 4. The topological polar surface area (TPSA) is 131 Å². The molecule has 7 rings (SSSR count). The first-order valence-electron chi connectivity index (χ1n) is 22.0. The highest BCUT2D eigenvalue weighted by molar-refractivity contribution is 6.91. The van der Waals surface area contributed by atoms with E-state index in [4.69, 9.17) is 14.2 Å². The number of carbonyl (C=O) groups excluding carboxylic acids is 1. The SMILES string of the molecule is CCOc1ccc2c(c1)CC(NCCCCO)C(=O)N2c1cccc(CC[C@H]2O[C@@H](CCn3cc(C(CO)c4ccccc4)nn3)[C@H]([Si](C)(C)c3ccc(OC)cc3)[C@H]2C)c1. The van der Waals surface area contributed by atoms with E-state index in [1.807, 2.05) is 71.2 Å². The average molecular weight is 846 g/mol. The zero-order valence-electron chi connectivity index (χ0n) is 36.4. The third-order valence-electron chi connectivity index (χ3n) is 12.9. The zero-order valence-corrected chi connectivity index (χ0v) is 37.4. The summed E-state index contributed by atoms with van der Waals surface area (Å²) in [5.41, 5.74) is 6.08. The molecule has 1 aromatic heterocycles. The number of fused-ring (bicyclic) bond motifs is 1. The molecule has 6 atom stereocenters. The van der Waals surface area contributed by atoms with Gasteiger partial charge in [-0.2, -0.15) is 0 Å². The molecule has 4 aromatic carbocycles. The number of hydrogen-bond donors (Lipinski definition) is 3. The summed E-state index contributed by atoms with van der Waals surface area (Å²) in [6.07, 6.45) is 6.57. The van der Waals surface area contributed by atoms with Crippen LogP contribution in [0.3, 0.4) is 0 Å². The van der Waals surface area contributed by atoms with Gasteiger partial charge in [-0.05, 0) is 123 Å². The summed E-state index contributed by atoms with van der Waals surface area (Å²) in [4.78, 5) is 16.1. The van der Waals surface area contributed by atoms with Crippen LogP contribution in [0.2, 0.25) is 18.6 Å². The normalized spacial score (nSPS) is 20.7. The molecule has 1 saturated heterocycles. The first-order valence-corrected chi connectivity index (χ1v) is 25.1. The Morgan fingerprint density at radius 3 is 2.46 bits per heavy atom. The van der Waals surface area contributed by atoms with Gasteiger partial charge in [0.25, 0.3) is 0 Å². The molecule has 0 spiro atoms. The van der Waals surface area contributed by atoms with Crippen molar-refractivity contribution in [2.75, 3.05) is 38.4 Å². The third-order valence-corrected chi connectivity index (χ3v) is 17.3. The van der Waals surface area contributed by atoms with Crippen LogP contribution in [0.1, 0.15) is 67.8 Å². The Morgan fingerprint density at radius 1 is 0.934 bits per heavy atom. The molecule has 0 saturated carbocycles. The summed E-state index contributed by atoms with van der Waals surface area (Å²) < 4.78 is 20.4. The van der Waals surface area contributed by atoms with Gasteiger partial charge >= 0.3 is 0 Å². The van der Waals surface area contributed by atoms with Gasteiger partial charge in [0.2, 0.25) is 5.91 Å². The molecule has 324 valence electrons. The van der Waals surface area contributed by atoms with Crippen molar-refractivity contribution < 1.29 is 29.2 Å².